The molecule has 0 bridgehead atoms. The lowest BCUT2D eigenvalue weighted by atomic mass is 10.0. The number of amides is 1. The largest absolute Gasteiger partial charge is 0.344 e. The van der Waals surface area contributed by atoms with Crippen molar-refractivity contribution in [3.05, 3.63) is 36.0 Å². The highest BCUT2D eigenvalue weighted by molar-refractivity contribution is 5.99. The molecule has 4 rings (SSSR count). The molecule has 0 saturated carbocycles. The van der Waals surface area contributed by atoms with E-state index in [0.717, 1.165) is 5.56 Å². The first-order valence-electron chi connectivity index (χ1n) is 8.15. The van der Waals surface area contributed by atoms with Gasteiger partial charge in [-0.1, -0.05) is 0 Å². The van der Waals surface area contributed by atoms with Crippen LogP contribution in [0.5, 0.6) is 0 Å². The number of rotatable bonds is 3. The molecule has 3 aromatic rings. The zero-order chi connectivity index (χ0) is 18.3. The average molecular weight is 353 g/mol. The molecule has 0 radical (unpaired) electrons. The highest BCUT2D eigenvalue weighted by Gasteiger charge is 2.24. The summed E-state index contributed by atoms with van der Waals surface area (Å²) in [7, 11) is 0. The Morgan fingerprint density at radius 3 is 2.85 bits per heavy atom. The van der Waals surface area contributed by atoms with Crippen LogP contribution in [0.15, 0.2) is 24.7 Å². The maximum Gasteiger partial charge on any atom is 0.245 e. The minimum atomic E-state index is -0.439. The molecule has 132 valence electrons. The number of halogens is 1. The van der Waals surface area contributed by atoms with E-state index < -0.39 is 5.82 Å². The maximum absolute atomic E-state index is 14.6. The number of benzene rings is 1. The molecule has 2 aromatic heterocycles. The lowest BCUT2D eigenvalue weighted by Crippen LogP contribution is -2.39. The van der Waals surface area contributed by atoms with Crippen molar-refractivity contribution < 1.29 is 9.18 Å². The summed E-state index contributed by atoms with van der Waals surface area (Å²) in [5.74, 6) is 0.739. The predicted octanol–water partition coefficient (Wildman–Crippen LogP) is 2.15. The van der Waals surface area contributed by atoms with Crippen LogP contribution in [0.25, 0.3) is 22.6 Å². The number of aromatic nitrogens is 5. The van der Waals surface area contributed by atoms with Crippen molar-refractivity contribution in [1.82, 2.24) is 25.1 Å². The van der Waals surface area contributed by atoms with Crippen LogP contribution in [0.4, 0.5) is 16.0 Å². The number of nitrogens with one attached hydrogen (secondary N) is 2. The van der Waals surface area contributed by atoms with Crippen LogP contribution in [-0.4, -0.2) is 44.1 Å². The van der Waals surface area contributed by atoms with Gasteiger partial charge in [-0.3, -0.25) is 9.89 Å². The van der Waals surface area contributed by atoms with Crippen molar-refractivity contribution in [2.75, 3.05) is 23.3 Å². The van der Waals surface area contributed by atoms with E-state index in [2.05, 4.69) is 30.5 Å². The number of hydrogen-bond donors (Lipinski definition) is 2. The predicted molar refractivity (Wildman–Crippen MR) is 94.1 cm³/mol. The lowest BCUT2D eigenvalue weighted by Gasteiger charge is -2.28. The summed E-state index contributed by atoms with van der Waals surface area (Å²) in [6.07, 6.45) is 2.94. The Kier molecular flexibility index (Phi) is 3.83. The van der Waals surface area contributed by atoms with Gasteiger partial charge in [-0.05, 0) is 31.5 Å². The summed E-state index contributed by atoms with van der Waals surface area (Å²) in [5.41, 5.74) is 2.31. The number of carbonyl (C=O) groups excluding carboxylic acids is 1. The van der Waals surface area contributed by atoms with Crippen molar-refractivity contribution in [3.63, 3.8) is 0 Å². The first kappa shape index (κ1) is 16.1. The smallest absolute Gasteiger partial charge is 0.245 e. The van der Waals surface area contributed by atoms with Crippen LogP contribution in [-0.2, 0) is 4.79 Å². The molecule has 0 saturated heterocycles. The van der Waals surface area contributed by atoms with E-state index in [9.17, 15) is 9.18 Å². The normalized spacial score (nSPS) is 13.5. The van der Waals surface area contributed by atoms with Crippen LogP contribution in [0, 0.1) is 12.7 Å². The monoisotopic (exact) mass is 353 g/mol. The number of aryl methyl sites for hydroxylation is 1. The Morgan fingerprint density at radius 1 is 1.27 bits per heavy atom. The van der Waals surface area contributed by atoms with Gasteiger partial charge in [0.1, 0.15) is 12.1 Å². The topological polar surface area (TPSA) is 99.7 Å². The molecule has 0 atom stereocenters. The fourth-order valence-corrected chi connectivity index (χ4v) is 2.97. The molecule has 0 fully saturated rings. The van der Waals surface area contributed by atoms with Crippen LogP contribution < -0.4 is 10.2 Å². The molecule has 0 unspecified atom stereocenters. The number of carbonyl (C=O) groups is 1. The number of aromatic amines is 1. The van der Waals surface area contributed by atoms with E-state index in [1.807, 2.05) is 18.7 Å². The highest BCUT2D eigenvalue weighted by atomic mass is 19.1. The zero-order valence-corrected chi connectivity index (χ0v) is 14.2. The number of hydrogen-bond acceptors (Lipinski definition) is 6. The molecule has 8 nitrogen and oxygen atoms in total. The fourth-order valence-electron chi connectivity index (χ4n) is 2.97. The van der Waals surface area contributed by atoms with Crippen LogP contribution >= 0.6 is 0 Å². The third-order valence-corrected chi connectivity index (χ3v) is 4.27. The first-order chi connectivity index (χ1) is 12.6. The Labute approximate surface area is 148 Å². The molecule has 9 heteroatoms. The van der Waals surface area contributed by atoms with Gasteiger partial charge in [0, 0.05) is 12.1 Å². The van der Waals surface area contributed by atoms with Crippen LogP contribution in [0.1, 0.15) is 12.5 Å². The van der Waals surface area contributed by atoms with E-state index in [1.165, 1.54) is 18.6 Å². The van der Waals surface area contributed by atoms with Crippen molar-refractivity contribution in [1.29, 1.82) is 0 Å². The Morgan fingerprint density at radius 2 is 2.12 bits per heavy atom. The SMILES string of the molecule is CCN1CC(=O)Nc2ncc(-c3cc(F)c(-c4nc[nH]n4)cc3C)nc21. The second-order valence-corrected chi connectivity index (χ2v) is 5.96. The summed E-state index contributed by atoms with van der Waals surface area (Å²) >= 11 is 0. The molecule has 2 N–H and O–H groups in total. The Bertz CT molecular complexity index is 987. The highest BCUT2D eigenvalue weighted by Crippen LogP contribution is 2.32. The lowest BCUT2D eigenvalue weighted by molar-refractivity contribution is -0.115. The number of anilines is 2. The van der Waals surface area contributed by atoms with Gasteiger partial charge in [-0.2, -0.15) is 5.10 Å². The fraction of sp³-hybridized carbons (Fsp3) is 0.235. The zero-order valence-electron chi connectivity index (χ0n) is 14.2. The van der Waals surface area contributed by atoms with Crippen molar-refractivity contribution in [2.24, 2.45) is 0 Å². The third-order valence-electron chi connectivity index (χ3n) is 4.27. The molecule has 1 aromatic carbocycles. The van der Waals surface area contributed by atoms with Gasteiger partial charge in [-0.25, -0.2) is 19.3 Å². The summed E-state index contributed by atoms with van der Waals surface area (Å²) < 4.78 is 14.6. The van der Waals surface area contributed by atoms with Gasteiger partial charge in [0.2, 0.25) is 5.91 Å². The third kappa shape index (κ3) is 2.67. The number of H-pyrrole nitrogens is 1. The van der Waals surface area contributed by atoms with E-state index in [-0.39, 0.29) is 12.5 Å². The van der Waals surface area contributed by atoms with Gasteiger partial charge in [0.15, 0.2) is 17.5 Å². The van der Waals surface area contributed by atoms with Gasteiger partial charge >= 0.3 is 0 Å². The van der Waals surface area contributed by atoms with Crippen LogP contribution in [0.2, 0.25) is 0 Å². The summed E-state index contributed by atoms with van der Waals surface area (Å²) in [5, 5.41) is 9.21. The van der Waals surface area contributed by atoms with E-state index in [1.54, 1.807) is 6.07 Å². The Hall–Kier alpha value is -3.36. The number of fused-ring (bicyclic) bond motifs is 1. The summed E-state index contributed by atoms with van der Waals surface area (Å²) in [6.45, 7) is 4.65. The summed E-state index contributed by atoms with van der Waals surface area (Å²) in [6, 6.07) is 3.10. The second-order valence-electron chi connectivity index (χ2n) is 5.96. The quantitative estimate of drug-likeness (QED) is 0.748. The maximum atomic E-state index is 14.6. The molecule has 1 aliphatic heterocycles. The minimum absolute atomic E-state index is 0.125. The van der Waals surface area contributed by atoms with Gasteiger partial charge in [0.05, 0.1) is 24.0 Å². The molecular formula is C17H16FN7O. The molecule has 1 amide bonds. The Balaban J connectivity index is 1.79. The van der Waals surface area contributed by atoms with Gasteiger partial charge in [-0.15, -0.1) is 0 Å². The molecular weight excluding hydrogens is 337 g/mol. The van der Waals surface area contributed by atoms with E-state index in [0.29, 0.717) is 40.8 Å². The average Bonchev–Trinajstić information content (AvgIpc) is 3.16. The first-order valence-corrected chi connectivity index (χ1v) is 8.15. The molecule has 3 heterocycles. The second kappa shape index (κ2) is 6.17. The van der Waals surface area contributed by atoms with E-state index in [4.69, 9.17) is 0 Å². The summed E-state index contributed by atoms with van der Waals surface area (Å²) in [4.78, 5) is 26.4. The van der Waals surface area contributed by atoms with Crippen LogP contribution in [0.3, 0.4) is 0 Å². The molecule has 0 aliphatic carbocycles. The van der Waals surface area contributed by atoms with Gasteiger partial charge in [0.25, 0.3) is 0 Å². The standard InChI is InChI=1S/C17H16FN7O/c1-3-25-7-14(26)23-16-17(25)22-13(6-19-16)10-5-12(18)11(4-9(10)2)15-20-8-21-24-15/h4-6,8H,3,7H2,1-2H3,(H,19,23,26)(H,20,21,24). The van der Waals surface area contributed by atoms with E-state index >= 15 is 0 Å². The van der Waals surface area contributed by atoms with Crippen molar-refractivity contribution >= 4 is 17.5 Å². The minimum Gasteiger partial charge on any atom is -0.344 e. The molecule has 1 aliphatic rings. The molecule has 26 heavy (non-hydrogen) atoms. The van der Waals surface area contributed by atoms with Gasteiger partial charge < -0.3 is 10.2 Å². The van der Waals surface area contributed by atoms with Crippen molar-refractivity contribution in [3.8, 4) is 22.6 Å². The molecule has 0 spiro atoms. The van der Waals surface area contributed by atoms with Crippen molar-refractivity contribution in [2.45, 2.75) is 13.8 Å². The number of nitrogens with zero attached hydrogens (tertiary/aromatic N) is 5. The number of likely N-dealkylation sites (N-methyl/N-ethyl adjacent to an activating group) is 1.